The van der Waals surface area contributed by atoms with Crippen LogP contribution in [0, 0.1) is 5.82 Å². The van der Waals surface area contributed by atoms with Gasteiger partial charge >= 0.3 is 5.97 Å². The largest absolute Gasteiger partial charge is 0.493 e. The molecule has 8 nitrogen and oxygen atoms in total. The van der Waals surface area contributed by atoms with E-state index in [4.69, 9.17) is 9.47 Å². The first-order chi connectivity index (χ1) is 12.9. The van der Waals surface area contributed by atoms with E-state index in [1.807, 2.05) is 0 Å². The summed E-state index contributed by atoms with van der Waals surface area (Å²) in [5, 5.41) is 11.9. The summed E-state index contributed by atoms with van der Waals surface area (Å²) in [6, 6.07) is 5.41. The highest BCUT2D eigenvalue weighted by molar-refractivity contribution is 6.01. The number of imidazole rings is 1. The molecule has 0 saturated carbocycles. The molecule has 2 N–H and O–H groups in total. The molecule has 0 unspecified atom stereocenters. The lowest BCUT2D eigenvalue weighted by Gasteiger charge is -2.13. The molecule has 27 heavy (non-hydrogen) atoms. The van der Waals surface area contributed by atoms with Crippen LogP contribution < -0.4 is 14.8 Å². The molecule has 0 aliphatic rings. The zero-order valence-electron chi connectivity index (χ0n) is 14.5. The summed E-state index contributed by atoms with van der Waals surface area (Å²) in [5.74, 6) is -1.62. The second-order valence-corrected chi connectivity index (χ2v) is 5.63. The van der Waals surface area contributed by atoms with Crippen LogP contribution in [0.4, 0.5) is 10.1 Å². The minimum absolute atomic E-state index is 0.0694. The van der Waals surface area contributed by atoms with Crippen LogP contribution in [-0.2, 0) is 11.2 Å². The van der Waals surface area contributed by atoms with E-state index in [9.17, 15) is 19.1 Å². The lowest BCUT2D eigenvalue weighted by atomic mass is 10.1. The number of carboxylic acids is 1. The number of halogens is 1. The maximum atomic E-state index is 13.2. The van der Waals surface area contributed by atoms with Gasteiger partial charge in [0.1, 0.15) is 11.5 Å². The number of amides is 1. The van der Waals surface area contributed by atoms with Crippen LogP contribution in [0.1, 0.15) is 16.1 Å². The average Bonchev–Trinajstić information content (AvgIpc) is 3.01. The molecule has 1 aromatic carbocycles. The lowest BCUT2D eigenvalue weighted by Crippen LogP contribution is -2.17. The Kier molecular flexibility index (Phi) is 4.93. The number of aromatic carboxylic acids is 1. The number of carbonyl (C=O) groups is 2. The summed E-state index contributed by atoms with van der Waals surface area (Å²) >= 11 is 0. The SMILES string of the molecule is COc1cc(NC(=O)Cc2cn3cc(F)ccc3n2)c(C(=O)O)cc1OC. The topological polar surface area (TPSA) is 102 Å². The number of pyridine rings is 1. The molecule has 1 amide bonds. The number of carboxylic acid groups (broad SMARTS) is 1. The minimum atomic E-state index is -1.23. The molecule has 0 spiro atoms. The quantitative estimate of drug-likeness (QED) is 0.688. The highest BCUT2D eigenvalue weighted by atomic mass is 19.1. The number of anilines is 1. The molecule has 0 aliphatic carbocycles. The van der Waals surface area contributed by atoms with E-state index < -0.39 is 17.7 Å². The van der Waals surface area contributed by atoms with E-state index >= 15 is 0 Å². The minimum Gasteiger partial charge on any atom is -0.493 e. The second-order valence-electron chi connectivity index (χ2n) is 5.63. The Morgan fingerprint density at radius 1 is 1.19 bits per heavy atom. The third-order valence-electron chi connectivity index (χ3n) is 3.83. The van der Waals surface area contributed by atoms with Crippen LogP contribution in [0.15, 0.2) is 36.7 Å². The smallest absolute Gasteiger partial charge is 0.337 e. The normalized spacial score (nSPS) is 10.6. The Balaban J connectivity index is 1.84. The molecule has 0 saturated heterocycles. The molecule has 0 fully saturated rings. The van der Waals surface area contributed by atoms with E-state index in [0.717, 1.165) is 0 Å². The Labute approximate surface area is 153 Å². The fourth-order valence-electron chi connectivity index (χ4n) is 2.62. The van der Waals surface area contributed by atoms with Crippen LogP contribution in [0.25, 0.3) is 5.65 Å². The van der Waals surface area contributed by atoms with Crippen molar-refractivity contribution in [1.29, 1.82) is 0 Å². The van der Waals surface area contributed by atoms with E-state index in [-0.39, 0.29) is 29.2 Å². The summed E-state index contributed by atoms with van der Waals surface area (Å²) in [6.07, 6.45) is 2.67. The van der Waals surface area contributed by atoms with Gasteiger partial charge < -0.3 is 24.3 Å². The van der Waals surface area contributed by atoms with Crippen molar-refractivity contribution in [2.24, 2.45) is 0 Å². The standard InChI is InChI=1S/C18H16FN3O5/c1-26-14-6-12(18(24)25)13(7-15(14)27-2)21-17(23)5-11-9-22-8-10(19)3-4-16(22)20-11/h3-4,6-9H,5H2,1-2H3,(H,21,23)(H,24,25). The van der Waals surface area contributed by atoms with Crippen LogP contribution in [-0.4, -0.2) is 40.6 Å². The van der Waals surface area contributed by atoms with E-state index in [0.29, 0.717) is 11.3 Å². The lowest BCUT2D eigenvalue weighted by molar-refractivity contribution is -0.115. The summed E-state index contributed by atoms with van der Waals surface area (Å²) in [4.78, 5) is 28.1. The fourth-order valence-corrected chi connectivity index (χ4v) is 2.62. The van der Waals surface area contributed by atoms with Gasteiger partial charge in [0.2, 0.25) is 5.91 Å². The van der Waals surface area contributed by atoms with Gasteiger partial charge in [0.05, 0.1) is 37.6 Å². The maximum Gasteiger partial charge on any atom is 0.337 e. The van der Waals surface area contributed by atoms with Crippen LogP contribution >= 0.6 is 0 Å². The number of carbonyl (C=O) groups excluding carboxylic acids is 1. The van der Waals surface area contributed by atoms with Crippen molar-refractivity contribution in [1.82, 2.24) is 9.38 Å². The van der Waals surface area contributed by atoms with Crippen molar-refractivity contribution < 1.29 is 28.6 Å². The van der Waals surface area contributed by atoms with Crippen LogP contribution in [0.2, 0.25) is 0 Å². The van der Waals surface area contributed by atoms with Crippen LogP contribution in [0.3, 0.4) is 0 Å². The number of aromatic nitrogens is 2. The predicted molar refractivity (Wildman–Crippen MR) is 94.0 cm³/mol. The number of nitrogens with one attached hydrogen (secondary N) is 1. The highest BCUT2D eigenvalue weighted by Gasteiger charge is 2.18. The molecular weight excluding hydrogens is 357 g/mol. The first-order valence-corrected chi connectivity index (χ1v) is 7.83. The van der Waals surface area contributed by atoms with Crippen LogP contribution in [0.5, 0.6) is 11.5 Å². The molecule has 3 aromatic rings. The first-order valence-electron chi connectivity index (χ1n) is 7.83. The Morgan fingerprint density at radius 3 is 2.56 bits per heavy atom. The number of benzene rings is 1. The Bertz CT molecular complexity index is 1030. The van der Waals surface area contributed by atoms with Crippen molar-refractivity contribution in [3.63, 3.8) is 0 Å². The van der Waals surface area contributed by atoms with E-state index in [1.165, 1.54) is 55.3 Å². The Morgan fingerprint density at radius 2 is 1.89 bits per heavy atom. The molecular formula is C18H16FN3O5. The second kappa shape index (κ2) is 7.32. The third-order valence-corrected chi connectivity index (χ3v) is 3.83. The molecule has 0 bridgehead atoms. The highest BCUT2D eigenvalue weighted by Crippen LogP contribution is 2.33. The van der Waals surface area contributed by atoms with Crippen molar-refractivity contribution in [3.05, 3.63) is 53.7 Å². The summed E-state index contributed by atoms with van der Waals surface area (Å²) in [7, 11) is 2.79. The third kappa shape index (κ3) is 3.81. The number of fused-ring (bicyclic) bond motifs is 1. The zero-order chi connectivity index (χ0) is 19.6. The molecule has 3 rings (SSSR count). The molecule has 0 aliphatic heterocycles. The number of rotatable bonds is 6. The van der Waals surface area contributed by atoms with Crippen molar-refractivity contribution in [2.75, 3.05) is 19.5 Å². The number of hydrogen-bond donors (Lipinski definition) is 2. The monoisotopic (exact) mass is 373 g/mol. The Hall–Kier alpha value is -3.62. The average molecular weight is 373 g/mol. The summed E-state index contributed by atoms with van der Waals surface area (Å²) in [6.45, 7) is 0. The van der Waals surface area contributed by atoms with Gasteiger partial charge in [0.15, 0.2) is 11.5 Å². The maximum absolute atomic E-state index is 13.2. The molecule has 140 valence electrons. The molecule has 2 aromatic heterocycles. The van der Waals surface area contributed by atoms with Gasteiger partial charge in [-0.3, -0.25) is 4.79 Å². The number of hydrogen-bond acceptors (Lipinski definition) is 5. The predicted octanol–water partition coefficient (Wildman–Crippen LogP) is 2.37. The molecule has 9 heteroatoms. The number of methoxy groups -OCH3 is 2. The van der Waals surface area contributed by atoms with Crippen molar-refractivity contribution in [3.8, 4) is 11.5 Å². The van der Waals surface area contributed by atoms with Gasteiger partial charge in [0, 0.05) is 24.5 Å². The van der Waals surface area contributed by atoms with Crippen molar-refractivity contribution in [2.45, 2.75) is 6.42 Å². The molecule has 2 heterocycles. The van der Waals surface area contributed by atoms with Gasteiger partial charge in [-0.05, 0) is 12.1 Å². The van der Waals surface area contributed by atoms with Gasteiger partial charge in [-0.2, -0.15) is 0 Å². The van der Waals surface area contributed by atoms with E-state index in [1.54, 1.807) is 0 Å². The zero-order valence-corrected chi connectivity index (χ0v) is 14.5. The number of nitrogens with zero attached hydrogens (tertiary/aromatic N) is 2. The number of ether oxygens (including phenoxy) is 2. The molecule has 0 radical (unpaired) electrons. The van der Waals surface area contributed by atoms with Gasteiger partial charge in [-0.25, -0.2) is 14.2 Å². The van der Waals surface area contributed by atoms with Gasteiger partial charge in [-0.15, -0.1) is 0 Å². The van der Waals surface area contributed by atoms with Crippen molar-refractivity contribution >= 4 is 23.2 Å². The summed E-state index contributed by atoms with van der Waals surface area (Å²) in [5.41, 5.74) is 0.838. The van der Waals surface area contributed by atoms with Gasteiger partial charge in [0.25, 0.3) is 0 Å². The summed E-state index contributed by atoms with van der Waals surface area (Å²) < 4.78 is 24.9. The van der Waals surface area contributed by atoms with E-state index in [2.05, 4.69) is 10.3 Å². The van der Waals surface area contributed by atoms with Gasteiger partial charge in [-0.1, -0.05) is 0 Å². The molecule has 0 atom stereocenters. The first kappa shape index (κ1) is 18.2. The fraction of sp³-hybridized carbons (Fsp3) is 0.167.